The Bertz CT molecular complexity index is 777. The number of amides is 2. The molecule has 1 saturated heterocycles. The summed E-state index contributed by atoms with van der Waals surface area (Å²) in [5, 5.41) is 2.50. The van der Waals surface area contributed by atoms with Gasteiger partial charge in [0.25, 0.3) is 0 Å². The molecule has 2 amide bonds. The Morgan fingerprint density at radius 3 is 2.85 bits per heavy atom. The molecule has 2 aliphatic carbocycles. The molecule has 1 aromatic rings. The molecule has 1 heterocycles. The van der Waals surface area contributed by atoms with Gasteiger partial charge in [0.15, 0.2) is 11.1 Å². The highest BCUT2D eigenvalue weighted by Gasteiger charge is 2.56. The highest BCUT2D eigenvalue weighted by atomic mass is 16.7. The average Bonchev–Trinajstić information content (AvgIpc) is 2.63. The van der Waals surface area contributed by atoms with Crippen LogP contribution in [0.4, 0.5) is 0 Å². The fourth-order valence-corrected chi connectivity index (χ4v) is 5.66. The molecule has 0 N–H and O–H groups in total. The summed E-state index contributed by atoms with van der Waals surface area (Å²) in [5.41, 5.74) is 2.05. The molecule has 1 saturated carbocycles. The van der Waals surface area contributed by atoms with Gasteiger partial charge < -0.3 is 4.84 Å². The zero-order valence-electron chi connectivity index (χ0n) is 15.2. The molecule has 0 spiro atoms. The van der Waals surface area contributed by atoms with Crippen molar-refractivity contribution in [2.75, 3.05) is 6.54 Å². The second-order valence-corrected chi connectivity index (χ2v) is 8.05. The Balaban J connectivity index is 1.67. The van der Waals surface area contributed by atoms with Crippen LogP contribution in [-0.2, 0) is 16.0 Å². The third kappa shape index (κ3) is 2.38. The number of imide groups is 1. The SMILES string of the molecule is CCN1C(=O)CC2C3CCc4cc(ON=O)ccc4C3CC[C@]2(C)C1=O. The van der Waals surface area contributed by atoms with Crippen LogP contribution in [0.1, 0.15) is 56.6 Å². The van der Waals surface area contributed by atoms with Gasteiger partial charge in [0.1, 0.15) is 0 Å². The van der Waals surface area contributed by atoms with Crippen LogP contribution in [0.2, 0.25) is 0 Å². The van der Waals surface area contributed by atoms with Crippen molar-refractivity contribution in [3.8, 4) is 5.75 Å². The fraction of sp³-hybridized carbons (Fsp3) is 0.600. The maximum absolute atomic E-state index is 13.0. The Morgan fingerprint density at radius 1 is 1.31 bits per heavy atom. The predicted octanol–water partition coefficient (Wildman–Crippen LogP) is 3.59. The Morgan fingerprint density at radius 2 is 2.12 bits per heavy atom. The largest absolute Gasteiger partial charge is 0.324 e. The van der Waals surface area contributed by atoms with Crippen molar-refractivity contribution in [1.29, 1.82) is 0 Å². The Hall–Kier alpha value is -2.24. The summed E-state index contributed by atoms with van der Waals surface area (Å²) in [7, 11) is 0. The van der Waals surface area contributed by atoms with Crippen molar-refractivity contribution in [3.63, 3.8) is 0 Å². The maximum atomic E-state index is 13.0. The van der Waals surface area contributed by atoms with E-state index in [2.05, 4.69) is 12.3 Å². The molecule has 2 fully saturated rings. The number of nitrogens with zero attached hydrogens (tertiary/aromatic N) is 2. The van der Waals surface area contributed by atoms with E-state index in [1.165, 1.54) is 16.0 Å². The molecular weight excluding hydrogens is 332 g/mol. The summed E-state index contributed by atoms with van der Waals surface area (Å²) < 4.78 is 0. The highest BCUT2D eigenvalue weighted by Crippen LogP contribution is 2.58. The highest BCUT2D eigenvalue weighted by molar-refractivity contribution is 6.01. The van der Waals surface area contributed by atoms with Gasteiger partial charge in [-0.05, 0) is 73.6 Å². The minimum atomic E-state index is -0.424. The minimum Gasteiger partial charge on any atom is -0.324 e. The Kier molecular flexibility index (Phi) is 4.09. The van der Waals surface area contributed by atoms with Crippen molar-refractivity contribution in [2.24, 2.45) is 22.6 Å². The maximum Gasteiger partial charge on any atom is 0.235 e. The molecule has 6 heteroatoms. The zero-order valence-corrected chi connectivity index (χ0v) is 15.2. The summed E-state index contributed by atoms with van der Waals surface area (Å²) >= 11 is 0. The van der Waals surface area contributed by atoms with Gasteiger partial charge in [-0.1, -0.05) is 13.0 Å². The number of rotatable bonds is 3. The third-order valence-electron chi connectivity index (χ3n) is 6.98. The first-order valence-corrected chi connectivity index (χ1v) is 9.47. The summed E-state index contributed by atoms with van der Waals surface area (Å²) in [6.07, 6.45) is 4.08. The molecule has 3 unspecified atom stereocenters. The van der Waals surface area contributed by atoms with E-state index in [9.17, 15) is 14.5 Å². The Labute approximate surface area is 152 Å². The number of hydrogen-bond acceptors (Lipinski definition) is 5. The van der Waals surface area contributed by atoms with Gasteiger partial charge in [-0.25, -0.2) is 0 Å². The molecular formula is C20H24N2O4. The number of hydrogen-bond donors (Lipinski definition) is 0. The standard InChI is InChI=1S/C20H24N2O4/c1-3-22-18(23)11-17-16-6-4-12-10-13(26-21-25)5-7-14(12)15(16)8-9-20(17,2)19(22)24/h5,7,10,15-17H,3-4,6,8-9,11H2,1-2H3/t15?,16?,17?,20-/m0/s1. The number of carbonyl (C=O) groups excluding carboxylic acids is 2. The van der Waals surface area contributed by atoms with Gasteiger partial charge in [-0.3, -0.25) is 14.5 Å². The molecule has 0 bridgehead atoms. The predicted molar refractivity (Wildman–Crippen MR) is 95.3 cm³/mol. The molecule has 3 aliphatic rings. The first-order chi connectivity index (χ1) is 12.5. The summed E-state index contributed by atoms with van der Waals surface area (Å²) in [6.45, 7) is 4.40. The number of carbonyl (C=O) groups is 2. The first kappa shape index (κ1) is 17.2. The molecule has 0 aromatic heterocycles. The second kappa shape index (κ2) is 6.18. The van der Waals surface area contributed by atoms with Gasteiger partial charge in [0.2, 0.25) is 11.8 Å². The lowest BCUT2D eigenvalue weighted by atomic mass is 9.52. The van der Waals surface area contributed by atoms with Crippen LogP contribution in [0.5, 0.6) is 5.75 Å². The van der Waals surface area contributed by atoms with Crippen LogP contribution < -0.4 is 4.84 Å². The fourth-order valence-electron chi connectivity index (χ4n) is 5.66. The smallest absolute Gasteiger partial charge is 0.235 e. The van der Waals surface area contributed by atoms with Crippen LogP contribution >= 0.6 is 0 Å². The van der Waals surface area contributed by atoms with Crippen LogP contribution in [0.3, 0.4) is 0 Å². The normalized spacial score (nSPS) is 33.2. The van der Waals surface area contributed by atoms with Crippen molar-refractivity contribution < 1.29 is 14.4 Å². The van der Waals surface area contributed by atoms with Crippen molar-refractivity contribution in [2.45, 2.75) is 51.9 Å². The number of likely N-dealkylation sites (tertiary alicyclic amines) is 1. The van der Waals surface area contributed by atoms with Gasteiger partial charge >= 0.3 is 0 Å². The van der Waals surface area contributed by atoms with Crippen LogP contribution in [0.25, 0.3) is 0 Å². The third-order valence-corrected chi connectivity index (χ3v) is 6.98. The minimum absolute atomic E-state index is 0.0197. The lowest BCUT2D eigenvalue weighted by Crippen LogP contribution is -2.59. The number of aryl methyl sites for hydroxylation is 1. The summed E-state index contributed by atoms with van der Waals surface area (Å²) in [5.74, 6) is 1.30. The van der Waals surface area contributed by atoms with Crippen molar-refractivity contribution in [3.05, 3.63) is 34.2 Å². The van der Waals surface area contributed by atoms with E-state index in [4.69, 9.17) is 4.84 Å². The quantitative estimate of drug-likeness (QED) is 0.471. The van der Waals surface area contributed by atoms with Crippen molar-refractivity contribution >= 4 is 11.8 Å². The van der Waals surface area contributed by atoms with Crippen LogP contribution in [0, 0.1) is 22.2 Å². The molecule has 1 aromatic carbocycles. The molecule has 0 radical (unpaired) electrons. The van der Waals surface area contributed by atoms with E-state index in [1.807, 2.05) is 19.1 Å². The van der Waals surface area contributed by atoms with Gasteiger partial charge in [-0.2, -0.15) is 0 Å². The van der Waals surface area contributed by atoms with E-state index in [-0.39, 0.29) is 17.7 Å². The molecule has 4 rings (SSSR count). The number of piperidine rings is 1. The summed E-state index contributed by atoms with van der Waals surface area (Å²) in [4.78, 5) is 42.0. The van der Waals surface area contributed by atoms with Gasteiger partial charge in [0.05, 0.1) is 5.41 Å². The summed E-state index contributed by atoms with van der Waals surface area (Å²) in [6, 6.07) is 5.71. The van der Waals surface area contributed by atoms with Crippen LogP contribution in [-0.4, -0.2) is 23.3 Å². The topological polar surface area (TPSA) is 76.0 Å². The molecule has 138 valence electrons. The number of fused-ring (bicyclic) bond motifs is 5. The lowest BCUT2D eigenvalue weighted by molar-refractivity contribution is -0.167. The van der Waals surface area contributed by atoms with E-state index < -0.39 is 5.41 Å². The van der Waals surface area contributed by atoms with E-state index in [0.717, 1.165) is 25.7 Å². The molecule has 1 aliphatic heterocycles. The van der Waals surface area contributed by atoms with Gasteiger partial charge in [0, 0.05) is 13.0 Å². The van der Waals surface area contributed by atoms with E-state index in [0.29, 0.717) is 30.6 Å². The van der Waals surface area contributed by atoms with Gasteiger partial charge in [-0.15, -0.1) is 4.91 Å². The first-order valence-electron chi connectivity index (χ1n) is 9.47. The monoisotopic (exact) mass is 356 g/mol. The lowest BCUT2D eigenvalue weighted by Gasteiger charge is -2.54. The zero-order chi connectivity index (χ0) is 18.5. The second-order valence-electron chi connectivity index (χ2n) is 8.05. The molecule has 4 atom stereocenters. The number of benzene rings is 1. The van der Waals surface area contributed by atoms with Crippen LogP contribution in [0.15, 0.2) is 23.5 Å². The average molecular weight is 356 g/mol. The molecule has 6 nitrogen and oxygen atoms in total. The van der Waals surface area contributed by atoms with E-state index >= 15 is 0 Å². The van der Waals surface area contributed by atoms with E-state index in [1.54, 1.807) is 6.07 Å². The molecule has 26 heavy (non-hydrogen) atoms. The van der Waals surface area contributed by atoms with Crippen molar-refractivity contribution in [1.82, 2.24) is 4.90 Å².